The van der Waals surface area contributed by atoms with Crippen LogP contribution in [0.25, 0.3) is 16.6 Å². The van der Waals surface area contributed by atoms with E-state index in [-0.39, 0.29) is 27.6 Å². The van der Waals surface area contributed by atoms with Gasteiger partial charge in [-0.3, -0.25) is 0 Å². The van der Waals surface area contributed by atoms with Crippen LogP contribution in [0.3, 0.4) is 0 Å². The Hall–Kier alpha value is -3.88. The molecule has 10 nitrogen and oxygen atoms in total. The molecule has 1 saturated heterocycles. The van der Waals surface area contributed by atoms with Gasteiger partial charge in [-0.2, -0.15) is 9.57 Å². The number of H-pyrrole nitrogens is 1. The third-order valence-electron chi connectivity index (χ3n) is 5.45. The molecule has 0 bridgehead atoms. The van der Waals surface area contributed by atoms with Gasteiger partial charge in [0, 0.05) is 13.1 Å². The SMILES string of the molecule is COc1ccc(C(=O)OCC(O)=C(C#N)c2nc3ccccc3[nH]2)cc1S(=O)(=O)N1CCCC1. The zero-order valence-corrected chi connectivity index (χ0v) is 19.1. The molecule has 0 unspecified atom stereocenters. The Morgan fingerprint density at radius 3 is 2.65 bits per heavy atom. The Morgan fingerprint density at radius 2 is 1.97 bits per heavy atom. The van der Waals surface area contributed by atoms with Crippen molar-refractivity contribution >= 4 is 32.6 Å². The third kappa shape index (κ3) is 4.46. The molecule has 0 spiro atoms. The number of nitrogens with zero attached hydrogens (tertiary/aromatic N) is 3. The number of hydrogen-bond donors (Lipinski definition) is 2. The molecule has 176 valence electrons. The minimum Gasteiger partial charge on any atom is -0.507 e. The fraction of sp³-hybridized carbons (Fsp3) is 0.261. The highest BCUT2D eigenvalue weighted by molar-refractivity contribution is 7.89. The molecular formula is C23H22N4O6S. The number of sulfonamides is 1. The largest absolute Gasteiger partial charge is 0.507 e. The van der Waals surface area contributed by atoms with Crippen molar-refractivity contribution in [1.29, 1.82) is 5.26 Å². The zero-order chi connectivity index (χ0) is 24.3. The van der Waals surface area contributed by atoms with Crippen LogP contribution in [-0.2, 0) is 14.8 Å². The van der Waals surface area contributed by atoms with Gasteiger partial charge in [0.2, 0.25) is 10.0 Å². The number of nitrogens with one attached hydrogen (secondary N) is 1. The van der Waals surface area contributed by atoms with Gasteiger partial charge in [-0.25, -0.2) is 18.2 Å². The number of carbonyl (C=O) groups is 1. The summed E-state index contributed by atoms with van der Waals surface area (Å²) >= 11 is 0. The number of rotatable bonds is 7. The first-order valence-electron chi connectivity index (χ1n) is 10.5. The number of methoxy groups -OCH3 is 1. The molecule has 11 heteroatoms. The summed E-state index contributed by atoms with van der Waals surface area (Å²) in [6, 6.07) is 12.9. The van der Waals surface area contributed by atoms with Gasteiger partial charge < -0.3 is 19.6 Å². The summed E-state index contributed by atoms with van der Waals surface area (Å²) in [5, 5.41) is 19.9. The molecule has 1 fully saturated rings. The maximum absolute atomic E-state index is 13.0. The van der Waals surface area contributed by atoms with Gasteiger partial charge in [-0.15, -0.1) is 0 Å². The first-order chi connectivity index (χ1) is 16.3. The Labute approximate surface area is 196 Å². The van der Waals surface area contributed by atoms with Crippen LogP contribution in [0.15, 0.2) is 53.1 Å². The van der Waals surface area contributed by atoms with Gasteiger partial charge >= 0.3 is 5.97 Å². The molecule has 2 heterocycles. The Bertz CT molecular complexity index is 1380. The lowest BCUT2D eigenvalue weighted by atomic mass is 10.2. The van der Waals surface area contributed by atoms with Crippen LogP contribution in [0.1, 0.15) is 29.0 Å². The van der Waals surface area contributed by atoms with Crippen molar-refractivity contribution in [2.24, 2.45) is 0 Å². The molecule has 1 aliphatic heterocycles. The second-order valence-corrected chi connectivity index (χ2v) is 9.50. The Morgan fingerprint density at radius 1 is 1.24 bits per heavy atom. The number of aliphatic hydroxyl groups is 1. The van der Waals surface area contributed by atoms with Gasteiger partial charge in [0.25, 0.3) is 0 Å². The van der Waals surface area contributed by atoms with Crippen LogP contribution in [-0.4, -0.2) is 60.6 Å². The predicted octanol–water partition coefficient (Wildman–Crippen LogP) is 3.01. The lowest BCUT2D eigenvalue weighted by Gasteiger charge is -2.18. The summed E-state index contributed by atoms with van der Waals surface area (Å²) in [7, 11) is -2.50. The number of carbonyl (C=O) groups excluding carboxylic acids is 1. The van der Waals surface area contributed by atoms with Crippen LogP contribution in [0.5, 0.6) is 5.75 Å². The third-order valence-corrected chi connectivity index (χ3v) is 7.37. The van der Waals surface area contributed by atoms with E-state index in [1.54, 1.807) is 24.3 Å². The van der Waals surface area contributed by atoms with E-state index in [0.717, 1.165) is 12.8 Å². The van der Waals surface area contributed by atoms with Gasteiger partial charge in [-0.1, -0.05) is 12.1 Å². The maximum atomic E-state index is 13.0. The summed E-state index contributed by atoms with van der Waals surface area (Å²) in [6.45, 7) is 0.203. The van der Waals surface area contributed by atoms with Crippen LogP contribution < -0.4 is 4.74 Å². The van der Waals surface area contributed by atoms with Crippen molar-refractivity contribution in [3.63, 3.8) is 0 Å². The number of benzene rings is 2. The number of aromatic amines is 1. The van der Waals surface area contributed by atoms with Crippen molar-refractivity contribution in [3.05, 3.63) is 59.6 Å². The fourth-order valence-electron chi connectivity index (χ4n) is 3.69. The van der Waals surface area contributed by atoms with Crippen molar-refractivity contribution in [3.8, 4) is 11.8 Å². The second kappa shape index (κ2) is 9.54. The molecule has 1 aromatic heterocycles. The van der Waals surface area contributed by atoms with Crippen LogP contribution in [0.2, 0.25) is 0 Å². The molecule has 0 amide bonds. The van der Waals surface area contributed by atoms with Gasteiger partial charge in [-0.05, 0) is 43.2 Å². The highest BCUT2D eigenvalue weighted by atomic mass is 32.2. The van der Waals surface area contributed by atoms with Gasteiger partial charge in [0.1, 0.15) is 28.9 Å². The number of esters is 1. The number of hydrogen-bond acceptors (Lipinski definition) is 8. The monoisotopic (exact) mass is 482 g/mol. The van der Waals surface area contributed by atoms with E-state index in [2.05, 4.69) is 9.97 Å². The normalized spacial score (nSPS) is 15.1. The molecule has 2 N–H and O–H groups in total. The number of nitriles is 1. The average Bonchev–Trinajstić information content (AvgIpc) is 3.53. The lowest BCUT2D eigenvalue weighted by molar-refractivity contribution is 0.0502. The van der Waals surface area contributed by atoms with E-state index in [0.29, 0.717) is 24.1 Å². The number of ether oxygens (including phenoxy) is 2. The van der Waals surface area contributed by atoms with Gasteiger partial charge in [0.15, 0.2) is 11.6 Å². The van der Waals surface area contributed by atoms with Crippen molar-refractivity contribution in [2.75, 3.05) is 26.8 Å². The average molecular weight is 483 g/mol. The van der Waals surface area contributed by atoms with E-state index in [4.69, 9.17) is 9.47 Å². The number of para-hydroxylation sites is 2. The second-order valence-electron chi connectivity index (χ2n) is 7.59. The number of fused-ring (bicyclic) bond motifs is 1. The maximum Gasteiger partial charge on any atom is 0.338 e. The molecule has 0 atom stereocenters. The number of aromatic nitrogens is 2. The molecule has 0 radical (unpaired) electrons. The van der Waals surface area contributed by atoms with Gasteiger partial charge in [0.05, 0.1) is 23.7 Å². The van der Waals surface area contributed by atoms with Crippen LogP contribution >= 0.6 is 0 Å². The first kappa shape index (κ1) is 23.3. The topological polar surface area (TPSA) is 146 Å². The standard InChI is InChI=1S/C23H22N4O6S/c1-32-20-9-8-15(12-21(20)34(30,31)27-10-4-5-11-27)23(29)33-14-19(28)16(13-24)22-25-17-6-2-3-7-18(17)26-22/h2-3,6-9,12,28H,4-5,10-11,14H2,1H3,(H,25,26). The fourth-order valence-corrected chi connectivity index (χ4v) is 5.39. The Kier molecular flexibility index (Phi) is 6.54. The summed E-state index contributed by atoms with van der Waals surface area (Å²) in [6.07, 6.45) is 1.53. The predicted molar refractivity (Wildman–Crippen MR) is 123 cm³/mol. The van der Waals surface area contributed by atoms with Crippen LogP contribution in [0.4, 0.5) is 0 Å². The molecule has 3 aromatic rings. The first-order valence-corrected chi connectivity index (χ1v) is 11.9. The summed E-state index contributed by atoms with van der Waals surface area (Å²) < 4.78 is 37.7. The van der Waals surface area contributed by atoms with Crippen molar-refractivity contribution in [2.45, 2.75) is 17.7 Å². The number of aliphatic hydroxyl groups excluding tert-OH is 1. The molecule has 34 heavy (non-hydrogen) atoms. The van der Waals surface area contributed by atoms with E-state index < -0.39 is 28.4 Å². The van der Waals surface area contributed by atoms with E-state index in [1.165, 1.54) is 29.6 Å². The summed E-state index contributed by atoms with van der Waals surface area (Å²) in [5.41, 5.74) is 1.09. The lowest BCUT2D eigenvalue weighted by Crippen LogP contribution is -2.28. The van der Waals surface area contributed by atoms with Crippen molar-refractivity contribution in [1.82, 2.24) is 14.3 Å². The Balaban J connectivity index is 1.56. The molecule has 1 aliphatic rings. The van der Waals surface area contributed by atoms with E-state index >= 15 is 0 Å². The summed E-state index contributed by atoms with van der Waals surface area (Å²) in [4.78, 5) is 19.7. The number of allylic oxidation sites excluding steroid dienone is 1. The molecular weight excluding hydrogens is 460 g/mol. The van der Waals surface area contributed by atoms with Crippen molar-refractivity contribution < 1.29 is 27.8 Å². The van der Waals surface area contributed by atoms with E-state index in [1.807, 2.05) is 6.07 Å². The van der Waals surface area contributed by atoms with Crippen LogP contribution in [0, 0.1) is 11.3 Å². The molecule has 0 aliphatic carbocycles. The smallest absolute Gasteiger partial charge is 0.338 e. The molecule has 2 aromatic carbocycles. The minimum atomic E-state index is -3.85. The number of imidazole rings is 1. The summed E-state index contributed by atoms with van der Waals surface area (Å²) in [5.74, 6) is -1.11. The quantitative estimate of drug-likeness (QED) is 0.297. The molecule has 4 rings (SSSR count). The zero-order valence-electron chi connectivity index (χ0n) is 18.3. The highest BCUT2D eigenvalue weighted by Gasteiger charge is 2.31. The molecule has 0 saturated carbocycles. The minimum absolute atomic E-state index is 0.0337. The highest BCUT2D eigenvalue weighted by Crippen LogP contribution is 2.30. The van der Waals surface area contributed by atoms with E-state index in [9.17, 15) is 23.6 Å².